The Kier molecular flexibility index (Phi) is 5.05. The van der Waals surface area contributed by atoms with E-state index < -0.39 is 0 Å². The van der Waals surface area contributed by atoms with Crippen molar-refractivity contribution in [3.05, 3.63) is 0 Å². The molecule has 0 aromatic heterocycles. The van der Waals surface area contributed by atoms with Crippen LogP contribution in [-0.4, -0.2) is 42.6 Å². The first kappa shape index (κ1) is 12.5. The van der Waals surface area contributed by atoms with E-state index in [0.717, 1.165) is 39.0 Å². The van der Waals surface area contributed by atoms with Crippen molar-refractivity contribution < 1.29 is 4.74 Å². The molecule has 1 aliphatic rings. The van der Waals surface area contributed by atoms with Crippen molar-refractivity contribution in [3.8, 4) is 0 Å². The number of piperidine rings is 1. The average Bonchev–Trinajstić information content (AvgIpc) is 2.19. The molecular weight excluding hydrogens is 190 g/mol. The van der Waals surface area contributed by atoms with E-state index in [-0.39, 0.29) is 11.9 Å². The van der Waals surface area contributed by atoms with Crippen LogP contribution in [0.5, 0.6) is 0 Å². The quantitative estimate of drug-likeness (QED) is 0.533. The summed E-state index contributed by atoms with van der Waals surface area (Å²) in [6.45, 7) is 6.85. The zero-order valence-corrected chi connectivity index (χ0v) is 9.83. The second-order valence-electron chi connectivity index (χ2n) is 4.09. The second kappa shape index (κ2) is 6.08. The van der Waals surface area contributed by atoms with Crippen molar-refractivity contribution in [1.82, 2.24) is 4.90 Å². The number of likely N-dealkylation sites (tertiary alicyclic amines) is 1. The first-order chi connectivity index (χ1) is 7.19. The van der Waals surface area contributed by atoms with Crippen molar-refractivity contribution in [1.29, 1.82) is 5.41 Å². The van der Waals surface area contributed by atoms with E-state index in [4.69, 9.17) is 15.9 Å². The van der Waals surface area contributed by atoms with E-state index in [2.05, 4.69) is 11.8 Å². The van der Waals surface area contributed by atoms with Gasteiger partial charge in [-0.2, -0.15) is 0 Å². The van der Waals surface area contributed by atoms with Crippen molar-refractivity contribution in [2.24, 2.45) is 5.73 Å². The number of nitrogens with one attached hydrogen (secondary N) is 1. The Hall–Kier alpha value is -0.610. The van der Waals surface area contributed by atoms with Gasteiger partial charge >= 0.3 is 0 Å². The molecule has 0 aromatic carbocycles. The zero-order chi connectivity index (χ0) is 11.3. The highest BCUT2D eigenvalue weighted by Gasteiger charge is 2.26. The largest absolute Gasteiger partial charge is 0.386 e. The molecule has 4 heteroatoms. The Labute approximate surface area is 92.3 Å². The lowest BCUT2D eigenvalue weighted by atomic mass is 10.0. The number of hydrogen-bond acceptors (Lipinski definition) is 3. The number of hydrogen-bond donors (Lipinski definition) is 2. The molecule has 2 atom stereocenters. The summed E-state index contributed by atoms with van der Waals surface area (Å²) >= 11 is 0. The predicted octanol–water partition coefficient (Wildman–Crippen LogP) is 1.20. The Balaban J connectivity index is 2.50. The molecule has 0 aliphatic carbocycles. The van der Waals surface area contributed by atoms with Gasteiger partial charge in [-0.05, 0) is 32.7 Å². The van der Waals surface area contributed by atoms with Gasteiger partial charge in [-0.1, -0.05) is 6.92 Å². The van der Waals surface area contributed by atoms with Gasteiger partial charge in [-0.15, -0.1) is 0 Å². The second-order valence-corrected chi connectivity index (χ2v) is 4.09. The smallest absolute Gasteiger partial charge is 0.108 e. The molecule has 1 saturated heterocycles. The molecule has 0 spiro atoms. The number of ether oxygens (including phenoxy) is 1. The molecule has 88 valence electrons. The van der Waals surface area contributed by atoms with Crippen LogP contribution in [0, 0.1) is 5.41 Å². The lowest BCUT2D eigenvalue weighted by Gasteiger charge is -2.37. The molecule has 1 aliphatic heterocycles. The molecular formula is C11H23N3O. The van der Waals surface area contributed by atoms with Crippen LogP contribution in [0.2, 0.25) is 0 Å². The summed E-state index contributed by atoms with van der Waals surface area (Å²) in [4.78, 5) is 2.28. The van der Waals surface area contributed by atoms with Crippen LogP contribution in [0.1, 0.15) is 33.1 Å². The molecule has 1 rings (SSSR count). The van der Waals surface area contributed by atoms with Crippen LogP contribution in [0.25, 0.3) is 0 Å². The average molecular weight is 213 g/mol. The molecule has 0 bridgehead atoms. The zero-order valence-electron chi connectivity index (χ0n) is 9.83. The molecule has 1 heterocycles. The van der Waals surface area contributed by atoms with Crippen LogP contribution < -0.4 is 5.73 Å². The molecule has 15 heavy (non-hydrogen) atoms. The summed E-state index contributed by atoms with van der Waals surface area (Å²) < 4.78 is 5.63. The first-order valence-corrected chi connectivity index (χ1v) is 5.88. The minimum absolute atomic E-state index is 0.105. The summed E-state index contributed by atoms with van der Waals surface area (Å²) in [7, 11) is 0. The summed E-state index contributed by atoms with van der Waals surface area (Å²) in [6.07, 6.45) is 3.53. The Morgan fingerprint density at radius 1 is 1.60 bits per heavy atom. The van der Waals surface area contributed by atoms with E-state index in [9.17, 15) is 0 Å². The third-order valence-corrected chi connectivity index (χ3v) is 3.00. The first-order valence-electron chi connectivity index (χ1n) is 5.88. The summed E-state index contributed by atoms with van der Waals surface area (Å²) in [5.74, 6) is 0.287. The molecule has 0 radical (unpaired) electrons. The Morgan fingerprint density at radius 2 is 2.33 bits per heavy atom. The fraction of sp³-hybridized carbons (Fsp3) is 0.909. The number of amidine groups is 1. The van der Waals surface area contributed by atoms with Crippen molar-refractivity contribution in [2.45, 2.75) is 45.3 Å². The van der Waals surface area contributed by atoms with Crippen molar-refractivity contribution in [3.63, 3.8) is 0 Å². The summed E-state index contributed by atoms with van der Waals surface area (Å²) in [5.41, 5.74) is 5.60. The van der Waals surface area contributed by atoms with Gasteiger partial charge in [0.25, 0.3) is 0 Å². The van der Waals surface area contributed by atoms with E-state index in [0.29, 0.717) is 6.10 Å². The van der Waals surface area contributed by atoms with E-state index in [1.165, 1.54) is 0 Å². The van der Waals surface area contributed by atoms with Gasteiger partial charge in [0.15, 0.2) is 0 Å². The molecule has 3 N–H and O–H groups in total. The van der Waals surface area contributed by atoms with Gasteiger partial charge in [-0.25, -0.2) is 0 Å². The normalized spacial score (nSPS) is 25.1. The van der Waals surface area contributed by atoms with Crippen molar-refractivity contribution >= 4 is 5.84 Å². The van der Waals surface area contributed by atoms with Crippen LogP contribution in [0.3, 0.4) is 0 Å². The molecule has 4 nitrogen and oxygen atoms in total. The van der Waals surface area contributed by atoms with Crippen LogP contribution in [0.4, 0.5) is 0 Å². The minimum Gasteiger partial charge on any atom is -0.386 e. The highest BCUT2D eigenvalue weighted by atomic mass is 16.5. The van der Waals surface area contributed by atoms with Gasteiger partial charge < -0.3 is 10.5 Å². The highest BCUT2D eigenvalue weighted by Crippen LogP contribution is 2.17. The van der Waals surface area contributed by atoms with Crippen LogP contribution in [-0.2, 0) is 4.74 Å². The van der Waals surface area contributed by atoms with Gasteiger partial charge in [-0.3, -0.25) is 10.3 Å². The monoisotopic (exact) mass is 213 g/mol. The van der Waals surface area contributed by atoms with Gasteiger partial charge in [0.1, 0.15) is 5.84 Å². The summed E-state index contributed by atoms with van der Waals surface area (Å²) in [5, 5.41) is 7.55. The maximum Gasteiger partial charge on any atom is 0.108 e. The summed E-state index contributed by atoms with van der Waals surface area (Å²) in [6, 6.07) is 0.105. The molecule has 0 amide bonds. The topological polar surface area (TPSA) is 62.3 Å². The van der Waals surface area contributed by atoms with Gasteiger partial charge in [0, 0.05) is 13.2 Å². The SMILES string of the molecule is CCOC1CCCN(C(CC)C(=N)N)C1. The molecule has 0 aromatic rings. The lowest BCUT2D eigenvalue weighted by molar-refractivity contribution is -0.0000196. The van der Waals surface area contributed by atoms with E-state index in [1.54, 1.807) is 0 Å². The van der Waals surface area contributed by atoms with Gasteiger partial charge in [0.2, 0.25) is 0 Å². The standard InChI is InChI=1S/C11H23N3O/c1-3-10(11(12)13)14-7-5-6-9(8-14)15-4-2/h9-10H,3-8H2,1-2H3,(H3,12,13). The predicted molar refractivity (Wildman–Crippen MR) is 62.2 cm³/mol. The van der Waals surface area contributed by atoms with Gasteiger partial charge in [0.05, 0.1) is 12.1 Å². The molecule has 0 saturated carbocycles. The fourth-order valence-corrected chi connectivity index (χ4v) is 2.30. The Morgan fingerprint density at radius 3 is 2.87 bits per heavy atom. The number of nitrogens with two attached hydrogens (primary N) is 1. The third kappa shape index (κ3) is 3.47. The van der Waals surface area contributed by atoms with Crippen molar-refractivity contribution in [2.75, 3.05) is 19.7 Å². The van der Waals surface area contributed by atoms with E-state index >= 15 is 0 Å². The maximum atomic E-state index is 7.55. The molecule has 1 fully saturated rings. The number of nitrogens with zero attached hydrogens (tertiary/aromatic N) is 1. The fourth-order valence-electron chi connectivity index (χ4n) is 2.30. The van der Waals surface area contributed by atoms with Crippen LogP contribution >= 0.6 is 0 Å². The highest BCUT2D eigenvalue weighted by molar-refractivity contribution is 5.82. The third-order valence-electron chi connectivity index (χ3n) is 3.00. The number of rotatable bonds is 5. The van der Waals surface area contributed by atoms with Crippen LogP contribution in [0.15, 0.2) is 0 Å². The minimum atomic E-state index is 0.105. The molecule has 2 unspecified atom stereocenters. The maximum absolute atomic E-state index is 7.55. The Bertz CT molecular complexity index is 206. The lowest BCUT2D eigenvalue weighted by Crippen LogP contribution is -2.50. The van der Waals surface area contributed by atoms with E-state index in [1.807, 2.05) is 6.92 Å².